The molecule has 196 valence electrons. The van der Waals surface area contributed by atoms with Crippen LogP contribution in [0.15, 0.2) is 48.7 Å². The highest BCUT2D eigenvalue weighted by molar-refractivity contribution is 5.84. The number of esters is 1. The first-order valence-electron chi connectivity index (χ1n) is 12.8. The molecule has 1 aromatic heterocycles. The Morgan fingerprint density at radius 3 is 2.76 bits per heavy atom. The number of hydrogen-bond acceptors (Lipinski definition) is 6. The van der Waals surface area contributed by atoms with Crippen LogP contribution in [0.2, 0.25) is 0 Å². The van der Waals surface area contributed by atoms with Gasteiger partial charge in [0.05, 0.1) is 24.7 Å². The van der Waals surface area contributed by atoms with Crippen LogP contribution in [-0.4, -0.2) is 78.1 Å². The molecule has 0 radical (unpaired) electrons. The first-order valence-corrected chi connectivity index (χ1v) is 12.8. The predicted molar refractivity (Wildman–Crippen MR) is 142 cm³/mol. The van der Waals surface area contributed by atoms with Crippen LogP contribution in [0, 0.1) is 5.92 Å². The molecule has 2 heterocycles. The van der Waals surface area contributed by atoms with E-state index in [9.17, 15) is 14.4 Å². The van der Waals surface area contributed by atoms with Crippen LogP contribution < -0.4 is 5.32 Å². The minimum absolute atomic E-state index is 0.0566. The SMILES string of the molecule is CNc1ccccc1CCN(C=O)C1CCN(C(=O)CC(Cc2ccc3[nH]ncc3c2)C(=O)OC)CC1. The summed E-state index contributed by atoms with van der Waals surface area (Å²) in [6.45, 7) is 1.76. The second kappa shape index (κ2) is 12.4. The number of benzene rings is 2. The van der Waals surface area contributed by atoms with E-state index < -0.39 is 5.92 Å². The monoisotopic (exact) mass is 505 g/mol. The molecule has 9 nitrogen and oxygen atoms in total. The Morgan fingerprint density at radius 1 is 1.24 bits per heavy atom. The molecule has 2 aromatic carbocycles. The molecular formula is C28H35N5O4. The van der Waals surface area contributed by atoms with E-state index in [4.69, 9.17) is 4.74 Å². The van der Waals surface area contributed by atoms with E-state index in [0.29, 0.717) is 26.1 Å². The van der Waals surface area contributed by atoms with E-state index in [1.165, 1.54) is 12.7 Å². The number of carbonyl (C=O) groups excluding carboxylic acids is 3. The van der Waals surface area contributed by atoms with Crippen LogP contribution in [0.5, 0.6) is 0 Å². The summed E-state index contributed by atoms with van der Waals surface area (Å²) in [7, 11) is 3.25. The van der Waals surface area contributed by atoms with Crippen molar-refractivity contribution in [1.29, 1.82) is 0 Å². The van der Waals surface area contributed by atoms with Gasteiger partial charge in [0.25, 0.3) is 0 Å². The normalized spacial score (nSPS) is 14.8. The number of anilines is 1. The molecule has 1 aliphatic rings. The molecule has 2 amide bonds. The number of aromatic nitrogens is 2. The Bertz CT molecular complexity index is 1220. The van der Waals surface area contributed by atoms with E-state index in [-0.39, 0.29) is 24.3 Å². The second-order valence-electron chi connectivity index (χ2n) is 9.53. The molecule has 37 heavy (non-hydrogen) atoms. The van der Waals surface area contributed by atoms with E-state index in [0.717, 1.165) is 47.8 Å². The van der Waals surface area contributed by atoms with Crippen LogP contribution in [-0.2, 0) is 32.0 Å². The molecule has 1 saturated heterocycles. The number of para-hydroxylation sites is 1. The van der Waals surface area contributed by atoms with Gasteiger partial charge in [-0.2, -0.15) is 5.10 Å². The fourth-order valence-corrected chi connectivity index (χ4v) is 5.15. The highest BCUT2D eigenvalue weighted by Gasteiger charge is 2.30. The van der Waals surface area contributed by atoms with Gasteiger partial charge in [0.2, 0.25) is 12.3 Å². The average molecular weight is 506 g/mol. The fraction of sp³-hybridized carbons (Fsp3) is 0.429. The van der Waals surface area contributed by atoms with E-state index in [1.807, 2.05) is 53.2 Å². The molecule has 0 saturated carbocycles. The van der Waals surface area contributed by atoms with Crippen LogP contribution >= 0.6 is 0 Å². The lowest BCUT2D eigenvalue weighted by Gasteiger charge is -2.37. The lowest BCUT2D eigenvalue weighted by molar-refractivity contribution is -0.149. The van der Waals surface area contributed by atoms with Crippen molar-refractivity contribution in [3.8, 4) is 0 Å². The summed E-state index contributed by atoms with van der Waals surface area (Å²) >= 11 is 0. The maximum absolute atomic E-state index is 13.1. The molecular weight excluding hydrogens is 470 g/mol. The third-order valence-electron chi connectivity index (χ3n) is 7.29. The molecule has 1 fully saturated rings. The Kier molecular flexibility index (Phi) is 8.77. The minimum atomic E-state index is -0.557. The van der Waals surface area contributed by atoms with Crippen molar-refractivity contribution in [1.82, 2.24) is 20.0 Å². The van der Waals surface area contributed by atoms with E-state index in [1.54, 1.807) is 6.20 Å². The van der Waals surface area contributed by atoms with Gasteiger partial charge >= 0.3 is 5.97 Å². The highest BCUT2D eigenvalue weighted by Crippen LogP contribution is 2.23. The maximum atomic E-state index is 13.1. The molecule has 1 unspecified atom stereocenters. The Balaban J connectivity index is 1.31. The number of nitrogens with one attached hydrogen (secondary N) is 2. The van der Waals surface area contributed by atoms with Gasteiger partial charge in [-0.1, -0.05) is 24.3 Å². The number of H-pyrrole nitrogens is 1. The molecule has 9 heteroatoms. The standard InChI is InChI=1S/C28H35N5O4/c1-29-25-6-4-3-5-21(25)9-12-33(19-34)24-10-13-32(14-11-24)27(35)17-22(28(36)37-2)15-20-7-8-26-23(16-20)18-30-31-26/h3-8,16,18-19,22,24,29H,9-15,17H2,1-2H3,(H,30,31). The molecule has 1 atom stereocenters. The molecule has 1 aliphatic heterocycles. The van der Waals surface area contributed by atoms with Gasteiger partial charge in [0.1, 0.15) is 0 Å². The van der Waals surface area contributed by atoms with Crippen molar-refractivity contribution < 1.29 is 19.1 Å². The summed E-state index contributed by atoms with van der Waals surface area (Å²) in [5, 5.41) is 11.1. The molecule has 0 bridgehead atoms. The Morgan fingerprint density at radius 2 is 2.03 bits per heavy atom. The van der Waals surface area contributed by atoms with Gasteiger partial charge < -0.3 is 19.9 Å². The van der Waals surface area contributed by atoms with E-state index >= 15 is 0 Å². The first kappa shape index (κ1) is 26.2. The summed E-state index contributed by atoms with van der Waals surface area (Å²) < 4.78 is 5.01. The van der Waals surface area contributed by atoms with Crippen molar-refractivity contribution in [3.63, 3.8) is 0 Å². The number of amides is 2. The number of aromatic amines is 1. The van der Waals surface area contributed by atoms with Crippen molar-refractivity contribution in [2.75, 3.05) is 39.1 Å². The summed E-state index contributed by atoms with van der Waals surface area (Å²) in [4.78, 5) is 41.2. The number of nitrogens with zero attached hydrogens (tertiary/aromatic N) is 3. The zero-order valence-electron chi connectivity index (χ0n) is 21.5. The number of hydrogen-bond donors (Lipinski definition) is 2. The van der Waals surface area contributed by atoms with Gasteiger partial charge in [-0.3, -0.25) is 19.5 Å². The zero-order valence-corrected chi connectivity index (χ0v) is 21.5. The smallest absolute Gasteiger partial charge is 0.309 e. The number of piperidine rings is 1. The topological polar surface area (TPSA) is 108 Å². The van der Waals surface area contributed by atoms with E-state index in [2.05, 4.69) is 21.6 Å². The highest BCUT2D eigenvalue weighted by atomic mass is 16.5. The second-order valence-corrected chi connectivity index (χ2v) is 9.53. The van der Waals surface area contributed by atoms with Crippen LogP contribution in [0.4, 0.5) is 5.69 Å². The van der Waals surface area contributed by atoms with Gasteiger partial charge in [0, 0.05) is 50.2 Å². The third kappa shape index (κ3) is 6.47. The Hall–Kier alpha value is -3.88. The third-order valence-corrected chi connectivity index (χ3v) is 7.29. The van der Waals surface area contributed by atoms with Crippen LogP contribution in [0.25, 0.3) is 10.9 Å². The molecule has 3 aromatic rings. The summed E-state index contributed by atoms with van der Waals surface area (Å²) in [5.41, 5.74) is 4.12. The summed E-state index contributed by atoms with van der Waals surface area (Å²) in [6, 6.07) is 14.0. The molecule has 0 spiro atoms. The Labute approximate surface area is 217 Å². The van der Waals surface area contributed by atoms with Crippen molar-refractivity contribution in [2.24, 2.45) is 5.92 Å². The van der Waals surface area contributed by atoms with Gasteiger partial charge in [-0.25, -0.2) is 0 Å². The zero-order chi connectivity index (χ0) is 26.2. The molecule has 0 aliphatic carbocycles. The van der Waals surface area contributed by atoms with Gasteiger partial charge in [-0.15, -0.1) is 0 Å². The maximum Gasteiger partial charge on any atom is 0.309 e. The largest absolute Gasteiger partial charge is 0.469 e. The molecule has 2 N–H and O–H groups in total. The lowest BCUT2D eigenvalue weighted by Crippen LogP contribution is -2.47. The minimum Gasteiger partial charge on any atom is -0.469 e. The van der Waals surface area contributed by atoms with Gasteiger partial charge in [-0.05, 0) is 55.0 Å². The number of fused-ring (bicyclic) bond motifs is 1. The summed E-state index contributed by atoms with van der Waals surface area (Å²) in [6.07, 6.45) is 5.39. The van der Waals surface area contributed by atoms with Crippen molar-refractivity contribution in [2.45, 2.75) is 38.1 Å². The van der Waals surface area contributed by atoms with Crippen LogP contribution in [0.1, 0.15) is 30.4 Å². The lowest BCUT2D eigenvalue weighted by atomic mass is 9.94. The van der Waals surface area contributed by atoms with Crippen molar-refractivity contribution >= 4 is 34.9 Å². The average Bonchev–Trinajstić information content (AvgIpc) is 3.41. The quantitative estimate of drug-likeness (QED) is 0.306. The summed E-state index contributed by atoms with van der Waals surface area (Å²) in [5.74, 6) is -0.998. The first-order chi connectivity index (χ1) is 18.0. The number of carbonyl (C=O) groups is 3. The van der Waals surface area contributed by atoms with Gasteiger partial charge in [0.15, 0.2) is 0 Å². The predicted octanol–water partition coefficient (Wildman–Crippen LogP) is 3.02. The number of rotatable bonds is 11. The fourth-order valence-electron chi connectivity index (χ4n) is 5.15. The van der Waals surface area contributed by atoms with Crippen molar-refractivity contribution in [3.05, 3.63) is 59.8 Å². The molecule has 4 rings (SSSR count). The number of methoxy groups -OCH3 is 1. The van der Waals surface area contributed by atoms with Crippen LogP contribution in [0.3, 0.4) is 0 Å². The number of likely N-dealkylation sites (tertiary alicyclic amines) is 1. The number of ether oxygens (including phenoxy) is 1.